The molecule has 0 atom stereocenters. The summed E-state index contributed by atoms with van der Waals surface area (Å²) < 4.78 is 39.1. The van der Waals surface area contributed by atoms with Crippen molar-refractivity contribution < 1.29 is 27.6 Å². The van der Waals surface area contributed by atoms with E-state index >= 15 is 0 Å². The predicted molar refractivity (Wildman–Crippen MR) is 104 cm³/mol. The largest absolute Gasteiger partial charge is 0.416 e. The standard InChI is InChI=1S/C22H13F3N2O3/c23-22(24,25)15-8-4-9-16(12-15)27-20(29)18(19(28)26-21(27)30)11-14-7-3-6-13-5-1-2-10-17(13)14/h1-12H,(H,26,28,30)/b18-11-. The van der Waals surface area contributed by atoms with E-state index in [1.807, 2.05) is 29.6 Å². The SMILES string of the molecule is O=C1NC(=O)N(c2cccc(C(F)(F)F)c2)C(=O)/C1=C\c1cccc2ccccc12. The van der Waals surface area contributed by atoms with Crippen LogP contribution < -0.4 is 10.2 Å². The van der Waals surface area contributed by atoms with Crippen LogP contribution in [0.15, 0.2) is 72.3 Å². The Morgan fingerprint density at radius 2 is 1.57 bits per heavy atom. The molecule has 0 radical (unpaired) electrons. The van der Waals surface area contributed by atoms with Crippen LogP contribution in [0.4, 0.5) is 23.7 Å². The molecule has 1 N–H and O–H groups in total. The van der Waals surface area contributed by atoms with Gasteiger partial charge >= 0.3 is 12.2 Å². The minimum atomic E-state index is -4.65. The lowest BCUT2D eigenvalue weighted by Gasteiger charge is -2.27. The molecule has 0 aromatic heterocycles. The van der Waals surface area contributed by atoms with Crippen molar-refractivity contribution in [1.29, 1.82) is 0 Å². The van der Waals surface area contributed by atoms with Crippen molar-refractivity contribution in [1.82, 2.24) is 5.32 Å². The molecule has 1 aliphatic heterocycles. The van der Waals surface area contributed by atoms with Gasteiger partial charge in [-0.3, -0.25) is 14.9 Å². The summed E-state index contributed by atoms with van der Waals surface area (Å²) in [7, 11) is 0. The van der Waals surface area contributed by atoms with E-state index in [0.29, 0.717) is 16.5 Å². The average molecular weight is 410 g/mol. The van der Waals surface area contributed by atoms with E-state index in [9.17, 15) is 27.6 Å². The van der Waals surface area contributed by atoms with Crippen LogP contribution in [0, 0.1) is 0 Å². The second-order valence-electron chi connectivity index (χ2n) is 6.57. The molecule has 1 saturated heterocycles. The van der Waals surface area contributed by atoms with Crippen molar-refractivity contribution in [2.24, 2.45) is 0 Å². The lowest BCUT2D eigenvalue weighted by molar-refractivity contribution is -0.137. The van der Waals surface area contributed by atoms with Gasteiger partial charge in [-0.15, -0.1) is 0 Å². The molecule has 0 bridgehead atoms. The number of nitrogens with one attached hydrogen (secondary N) is 1. The molecule has 4 amide bonds. The molecule has 30 heavy (non-hydrogen) atoms. The van der Waals surface area contributed by atoms with E-state index < -0.39 is 29.6 Å². The highest BCUT2D eigenvalue weighted by molar-refractivity contribution is 6.39. The molecule has 3 aromatic carbocycles. The number of carbonyl (C=O) groups excluding carboxylic acids is 3. The van der Waals surface area contributed by atoms with E-state index in [0.717, 1.165) is 22.9 Å². The zero-order valence-electron chi connectivity index (χ0n) is 15.2. The number of urea groups is 1. The molecule has 1 heterocycles. The summed E-state index contributed by atoms with van der Waals surface area (Å²) in [5.74, 6) is -1.92. The molecule has 3 aromatic rings. The van der Waals surface area contributed by atoms with Crippen molar-refractivity contribution in [3.8, 4) is 0 Å². The molecule has 150 valence electrons. The number of halogens is 3. The Balaban J connectivity index is 1.79. The highest BCUT2D eigenvalue weighted by Crippen LogP contribution is 2.33. The minimum Gasteiger partial charge on any atom is -0.273 e. The maximum absolute atomic E-state index is 13.0. The van der Waals surface area contributed by atoms with E-state index in [2.05, 4.69) is 0 Å². The van der Waals surface area contributed by atoms with Crippen LogP contribution in [0.2, 0.25) is 0 Å². The number of benzene rings is 3. The summed E-state index contributed by atoms with van der Waals surface area (Å²) in [6.07, 6.45) is -3.32. The van der Waals surface area contributed by atoms with Gasteiger partial charge in [0, 0.05) is 0 Å². The summed E-state index contributed by atoms with van der Waals surface area (Å²) in [5.41, 5.74) is -1.10. The monoisotopic (exact) mass is 410 g/mol. The summed E-state index contributed by atoms with van der Waals surface area (Å²) in [6.45, 7) is 0. The van der Waals surface area contributed by atoms with E-state index in [-0.39, 0.29) is 11.3 Å². The van der Waals surface area contributed by atoms with Gasteiger partial charge in [0.1, 0.15) is 5.57 Å². The normalized spacial score (nSPS) is 16.3. The van der Waals surface area contributed by atoms with Crippen LogP contribution in [0.3, 0.4) is 0 Å². The fourth-order valence-electron chi connectivity index (χ4n) is 3.25. The molecule has 1 aliphatic rings. The van der Waals surface area contributed by atoms with Crippen LogP contribution in [0.1, 0.15) is 11.1 Å². The minimum absolute atomic E-state index is 0.288. The van der Waals surface area contributed by atoms with Crippen LogP contribution in [0.25, 0.3) is 16.8 Å². The van der Waals surface area contributed by atoms with Crippen molar-refractivity contribution in [3.05, 3.63) is 83.4 Å². The number of alkyl halides is 3. The van der Waals surface area contributed by atoms with Gasteiger partial charge < -0.3 is 0 Å². The first-order valence-corrected chi connectivity index (χ1v) is 8.82. The Morgan fingerprint density at radius 3 is 2.33 bits per heavy atom. The molecule has 4 rings (SSSR count). The van der Waals surface area contributed by atoms with Crippen molar-refractivity contribution >= 4 is 40.4 Å². The maximum atomic E-state index is 13.0. The molecule has 5 nitrogen and oxygen atoms in total. The number of imide groups is 2. The number of carbonyl (C=O) groups is 3. The Morgan fingerprint density at radius 1 is 0.867 bits per heavy atom. The fraction of sp³-hybridized carbons (Fsp3) is 0.0455. The second-order valence-corrected chi connectivity index (χ2v) is 6.57. The summed E-state index contributed by atoms with van der Waals surface area (Å²) in [6, 6.07) is 15.3. The third kappa shape index (κ3) is 3.43. The summed E-state index contributed by atoms with van der Waals surface area (Å²) in [5, 5.41) is 3.66. The van der Waals surface area contributed by atoms with Crippen molar-refractivity contribution in [3.63, 3.8) is 0 Å². The topological polar surface area (TPSA) is 66.5 Å². The number of fused-ring (bicyclic) bond motifs is 1. The quantitative estimate of drug-likeness (QED) is 0.499. The first-order valence-electron chi connectivity index (χ1n) is 8.82. The van der Waals surface area contributed by atoms with Crippen LogP contribution in [-0.4, -0.2) is 17.8 Å². The molecule has 0 aliphatic carbocycles. The number of hydrogen-bond donors (Lipinski definition) is 1. The number of rotatable bonds is 2. The first kappa shape index (κ1) is 19.4. The van der Waals surface area contributed by atoms with Crippen LogP contribution in [0.5, 0.6) is 0 Å². The number of amides is 4. The van der Waals surface area contributed by atoms with Gasteiger partial charge in [0.15, 0.2) is 0 Å². The number of anilines is 1. The summed E-state index contributed by atoms with van der Waals surface area (Å²) >= 11 is 0. The van der Waals surface area contributed by atoms with Gasteiger partial charge in [0.2, 0.25) is 0 Å². The lowest BCUT2D eigenvalue weighted by atomic mass is 10.0. The molecular weight excluding hydrogens is 397 g/mol. The number of hydrogen-bond acceptors (Lipinski definition) is 3. The van der Waals surface area contributed by atoms with Crippen molar-refractivity contribution in [2.75, 3.05) is 4.90 Å². The van der Waals surface area contributed by atoms with Gasteiger partial charge in [-0.2, -0.15) is 13.2 Å². The van der Waals surface area contributed by atoms with Gasteiger partial charge in [-0.1, -0.05) is 48.5 Å². The van der Waals surface area contributed by atoms with E-state index in [1.165, 1.54) is 12.1 Å². The summed E-state index contributed by atoms with van der Waals surface area (Å²) in [4.78, 5) is 38.0. The number of barbiturate groups is 1. The molecular formula is C22H13F3N2O3. The van der Waals surface area contributed by atoms with Gasteiger partial charge in [0.05, 0.1) is 11.3 Å². The first-order chi connectivity index (χ1) is 14.3. The molecule has 8 heteroatoms. The van der Waals surface area contributed by atoms with Crippen LogP contribution >= 0.6 is 0 Å². The smallest absolute Gasteiger partial charge is 0.273 e. The average Bonchev–Trinajstić information content (AvgIpc) is 2.70. The third-order valence-electron chi connectivity index (χ3n) is 4.66. The highest BCUT2D eigenvalue weighted by atomic mass is 19.4. The molecule has 0 unspecified atom stereocenters. The molecule has 1 fully saturated rings. The van der Waals surface area contributed by atoms with Gasteiger partial charge in [0.25, 0.3) is 11.8 Å². The Labute approximate surface area is 168 Å². The zero-order valence-corrected chi connectivity index (χ0v) is 15.2. The second kappa shape index (κ2) is 7.14. The van der Waals surface area contributed by atoms with E-state index in [4.69, 9.17) is 0 Å². The Kier molecular flexibility index (Phi) is 4.62. The van der Waals surface area contributed by atoms with Crippen molar-refractivity contribution in [2.45, 2.75) is 6.18 Å². The van der Waals surface area contributed by atoms with Gasteiger partial charge in [-0.05, 0) is 40.6 Å². The highest BCUT2D eigenvalue weighted by Gasteiger charge is 2.38. The predicted octanol–water partition coefficient (Wildman–Crippen LogP) is 4.53. The lowest BCUT2D eigenvalue weighted by Crippen LogP contribution is -2.54. The fourth-order valence-corrected chi connectivity index (χ4v) is 3.25. The molecule has 0 spiro atoms. The van der Waals surface area contributed by atoms with Gasteiger partial charge in [-0.25, -0.2) is 9.69 Å². The Hall–Kier alpha value is -3.94. The number of nitrogens with zero attached hydrogens (tertiary/aromatic N) is 1. The third-order valence-corrected chi connectivity index (χ3v) is 4.66. The van der Waals surface area contributed by atoms with Crippen LogP contribution in [-0.2, 0) is 15.8 Å². The zero-order chi connectivity index (χ0) is 21.5. The molecule has 0 saturated carbocycles. The van der Waals surface area contributed by atoms with E-state index in [1.54, 1.807) is 18.2 Å². The maximum Gasteiger partial charge on any atom is 0.416 e. The Bertz CT molecular complexity index is 1230.